The maximum atomic E-state index is 12.6. The topological polar surface area (TPSA) is 67.4 Å². The van der Waals surface area contributed by atoms with Crippen molar-refractivity contribution in [1.29, 1.82) is 0 Å². The van der Waals surface area contributed by atoms with Crippen molar-refractivity contribution < 1.29 is 9.53 Å². The highest BCUT2D eigenvalue weighted by Gasteiger charge is 2.16. The summed E-state index contributed by atoms with van der Waals surface area (Å²) in [7, 11) is 0. The third-order valence-electron chi connectivity index (χ3n) is 4.21. The minimum atomic E-state index is -0.0924. The van der Waals surface area contributed by atoms with Crippen molar-refractivity contribution in [1.82, 2.24) is 14.9 Å². The zero-order valence-corrected chi connectivity index (χ0v) is 16.3. The molecule has 0 unspecified atom stereocenters. The number of benzene rings is 2. The highest BCUT2D eigenvalue weighted by atomic mass is 16.5. The Morgan fingerprint density at radius 3 is 2.25 bits per heavy atom. The molecule has 0 aliphatic rings. The summed E-state index contributed by atoms with van der Waals surface area (Å²) in [6, 6.07) is 18.8. The van der Waals surface area contributed by atoms with Crippen LogP contribution in [0.5, 0.6) is 11.5 Å². The number of nitrogens with one attached hydrogen (secondary N) is 1. The van der Waals surface area contributed by atoms with E-state index < -0.39 is 0 Å². The lowest BCUT2D eigenvalue weighted by Gasteiger charge is -2.18. The van der Waals surface area contributed by atoms with Gasteiger partial charge in [-0.05, 0) is 63.2 Å². The van der Waals surface area contributed by atoms with Crippen molar-refractivity contribution >= 4 is 17.5 Å². The number of para-hydroxylation sites is 1. The van der Waals surface area contributed by atoms with Crippen LogP contribution in [0.4, 0.5) is 11.6 Å². The largest absolute Gasteiger partial charge is 0.457 e. The number of hydrogen-bond donors (Lipinski definition) is 1. The van der Waals surface area contributed by atoms with Crippen LogP contribution in [-0.2, 0) is 0 Å². The predicted molar refractivity (Wildman–Crippen MR) is 110 cm³/mol. The van der Waals surface area contributed by atoms with Gasteiger partial charge in [0.1, 0.15) is 17.2 Å². The molecule has 3 rings (SSSR count). The summed E-state index contributed by atoms with van der Waals surface area (Å²) in [5.74, 6) is 1.82. The summed E-state index contributed by atoms with van der Waals surface area (Å²) in [5.41, 5.74) is 1.94. The van der Waals surface area contributed by atoms with Crippen molar-refractivity contribution in [2.75, 3.05) is 18.4 Å². The van der Waals surface area contributed by atoms with E-state index in [1.54, 1.807) is 11.0 Å². The van der Waals surface area contributed by atoms with E-state index in [0.29, 0.717) is 24.7 Å². The number of anilines is 2. The Hall–Kier alpha value is -3.41. The van der Waals surface area contributed by atoms with E-state index in [1.807, 2.05) is 75.4 Å². The minimum absolute atomic E-state index is 0.0924. The van der Waals surface area contributed by atoms with E-state index in [2.05, 4.69) is 15.3 Å². The van der Waals surface area contributed by atoms with Gasteiger partial charge in [-0.2, -0.15) is 0 Å². The Morgan fingerprint density at radius 2 is 1.61 bits per heavy atom. The molecule has 0 saturated heterocycles. The highest BCUT2D eigenvalue weighted by molar-refractivity contribution is 5.92. The maximum absolute atomic E-state index is 12.6. The second-order valence-electron chi connectivity index (χ2n) is 6.26. The second-order valence-corrected chi connectivity index (χ2v) is 6.26. The van der Waals surface area contributed by atoms with Gasteiger partial charge < -0.3 is 15.0 Å². The lowest BCUT2D eigenvalue weighted by molar-refractivity contribution is 0.0767. The van der Waals surface area contributed by atoms with Crippen molar-refractivity contribution in [3.8, 4) is 11.5 Å². The molecule has 2 aromatic carbocycles. The predicted octanol–water partition coefficient (Wildman–Crippen LogP) is 4.80. The summed E-state index contributed by atoms with van der Waals surface area (Å²) >= 11 is 0. The molecule has 1 heterocycles. The van der Waals surface area contributed by atoms with Crippen molar-refractivity contribution in [2.24, 2.45) is 0 Å². The Bertz CT molecular complexity index is 923. The molecule has 144 valence electrons. The fraction of sp³-hybridized carbons (Fsp3) is 0.227. The third-order valence-corrected chi connectivity index (χ3v) is 4.21. The first-order valence-corrected chi connectivity index (χ1v) is 9.34. The average Bonchev–Trinajstić information content (AvgIpc) is 2.71. The number of ether oxygens (including phenoxy) is 1. The van der Waals surface area contributed by atoms with Crippen molar-refractivity contribution in [2.45, 2.75) is 20.8 Å². The van der Waals surface area contributed by atoms with E-state index >= 15 is 0 Å². The summed E-state index contributed by atoms with van der Waals surface area (Å²) in [4.78, 5) is 23.1. The molecule has 6 nitrogen and oxygen atoms in total. The molecule has 0 fully saturated rings. The smallest absolute Gasteiger partial charge is 0.272 e. The van der Waals surface area contributed by atoms with Crippen molar-refractivity contribution in [3.05, 3.63) is 72.1 Å². The Morgan fingerprint density at radius 1 is 0.964 bits per heavy atom. The van der Waals surface area contributed by atoms with Crippen LogP contribution < -0.4 is 10.1 Å². The van der Waals surface area contributed by atoms with Crippen molar-refractivity contribution in [3.63, 3.8) is 0 Å². The van der Waals surface area contributed by atoms with E-state index in [1.165, 1.54) is 0 Å². The molecule has 1 aromatic heterocycles. The standard InChI is InChI=1S/C22H24N4O2/c1-4-26(5-2)21(27)20-15-16(3)23-22(25-20)24-17-11-13-19(14-12-17)28-18-9-7-6-8-10-18/h6-15H,4-5H2,1-3H3,(H,23,24,25). The number of hydrogen-bond acceptors (Lipinski definition) is 5. The highest BCUT2D eigenvalue weighted by Crippen LogP contribution is 2.23. The van der Waals surface area contributed by atoms with Crippen LogP contribution in [0.15, 0.2) is 60.7 Å². The Labute approximate surface area is 165 Å². The van der Waals surface area contributed by atoms with Gasteiger partial charge in [0, 0.05) is 24.5 Å². The van der Waals surface area contributed by atoms with Crippen LogP contribution in [0.2, 0.25) is 0 Å². The molecule has 0 aliphatic heterocycles. The second kappa shape index (κ2) is 8.99. The molecule has 0 bridgehead atoms. The SMILES string of the molecule is CCN(CC)C(=O)c1cc(C)nc(Nc2ccc(Oc3ccccc3)cc2)n1. The molecular formula is C22H24N4O2. The lowest BCUT2D eigenvalue weighted by atomic mass is 10.3. The van der Waals surface area contributed by atoms with Gasteiger partial charge in [0.05, 0.1) is 0 Å². The Balaban J connectivity index is 1.73. The molecule has 0 saturated carbocycles. The zero-order valence-electron chi connectivity index (χ0n) is 16.3. The van der Waals surface area contributed by atoms with Crippen LogP contribution >= 0.6 is 0 Å². The number of rotatable bonds is 7. The first kappa shape index (κ1) is 19.4. The summed E-state index contributed by atoms with van der Waals surface area (Å²) in [6.45, 7) is 7.04. The van der Waals surface area contributed by atoms with Gasteiger partial charge in [0.25, 0.3) is 5.91 Å². The van der Waals surface area contributed by atoms with Gasteiger partial charge in [-0.25, -0.2) is 9.97 Å². The maximum Gasteiger partial charge on any atom is 0.272 e. The van der Waals surface area contributed by atoms with Gasteiger partial charge in [-0.3, -0.25) is 4.79 Å². The molecule has 1 amide bonds. The van der Waals surface area contributed by atoms with Gasteiger partial charge in [0.2, 0.25) is 5.95 Å². The van der Waals surface area contributed by atoms with Gasteiger partial charge >= 0.3 is 0 Å². The van der Waals surface area contributed by atoms with Crippen LogP contribution in [0.25, 0.3) is 0 Å². The normalized spacial score (nSPS) is 10.4. The number of amides is 1. The zero-order chi connectivity index (χ0) is 19.9. The molecule has 0 aliphatic carbocycles. The molecule has 1 N–H and O–H groups in total. The molecular weight excluding hydrogens is 352 g/mol. The van der Waals surface area contributed by atoms with Gasteiger partial charge in [0.15, 0.2) is 0 Å². The summed E-state index contributed by atoms with van der Waals surface area (Å²) in [5, 5.41) is 3.16. The van der Waals surface area contributed by atoms with E-state index in [9.17, 15) is 4.79 Å². The number of nitrogens with zero attached hydrogens (tertiary/aromatic N) is 3. The third kappa shape index (κ3) is 4.85. The fourth-order valence-corrected chi connectivity index (χ4v) is 2.77. The molecule has 6 heteroatoms. The number of carbonyl (C=O) groups excluding carboxylic acids is 1. The molecule has 0 radical (unpaired) electrons. The van der Waals surface area contributed by atoms with Crippen LogP contribution in [0, 0.1) is 6.92 Å². The first-order valence-electron chi connectivity index (χ1n) is 9.34. The number of aromatic nitrogens is 2. The molecule has 3 aromatic rings. The summed E-state index contributed by atoms with van der Waals surface area (Å²) in [6.07, 6.45) is 0. The van der Waals surface area contributed by atoms with Gasteiger partial charge in [-0.1, -0.05) is 18.2 Å². The van der Waals surface area contributed by atoms with Crippen LogP contribution in [-0.4, -0.2) is 33.9 Å². The first-order chi connectivity index (χ1) is 13.6. The van der Waals surface area contributed by atoms with Crippen LogP contribution in [0.1, 0.15) is 30.0 Å². The molecule has 28 heavy (non-hydrogen) atoms. The van der Waals surface area contributed by atoms with E-state index in [-0.39, 0.29) is 5.91 Å². The molecule has 0 spiro atoms. The van der Waals surface area contributed by atoms with Gasteiger partial charge in [-0.15, -0.1) is 0 Å². The quantitative estimate of drug-likeness (QED) is 0.641. The summed E-state index contributed by atoms with van der Waals surface area (Å²) < 4.78 is 5.80. The number of carbonyl (C=O) groups is 1. The number of aryl methyl sites for hydroxylation is 1. The lowest BCUT2D eigenvalue weighted by Crippen LogP contribution is -2.31. The van der Waals surface area contributed by atoms with E-state index in [4.69, 9.17) is 4.74 Å². The van der Waals surface area contributed by atoms with E-state index in [0.717, 1.165) is 22.9 Å². The van der Waals surface area contributed by atoms with Crippen LogP contribution in [0.3, 0.4) is 0 Å². The molecule has 0 atom stereocenters. The average molecular weight is 376 g/mol. The monoisotopic (exact) mass is 376 g/mol. The minimum Gasteiger partial charge on any atom is -0.457 e. The Kier molecular flexibility index (Phi) is 6.22. The fourth-order valence-electron chi connectivity index (χ4n) is 2.77.